The van der Waals surface area contributed by atoms with Gasteiger partial charge in [-0.3, -0.25) is 14.2 Å². The van der Waals surface area contributed by atoms with Crippen LogP contribution in [-0.2, 0) is 17.9 Å². The number of halogens is 1. The molecule has 28 heavy (non-hydrogen) atoms. The van der Waals surface area contributed by atoms with E-state index in [1.807, 2.05) is 19.1 Å². The predicted octanol–water partition coefficient (Wildman–Crippen LogP) is 4.00. The highest BCUT2D eigenvalue weighted by molar-refractivity contribution is 7.19. The zero-order chi connectivity index (χ0) is 19.7. The van der Waals surface area contributed by atoms with Gasteiger partial charge in [-0.25, -0.2) is 4.98 Å². The minimum atomic E-state index is -0.292. The molecule has 0 aliphatic heterocycles. The lowest BCUT2D eigenvalue weighted by atomic mass is 10.0. The lowest BCUT2D eigenvalue weighted by Crippen LogP contribution is -2.32. The summed E-state index contributed by atoms with van der Waals surface area (Å²) in [5, 5.41) is 3.88. The van der Waals surface area contributed by atoms with Gasteiger partial charge in [-0.15, -0.1) is 11.3 Å². The van der Waals surface area contributed by atoms with Crippen LogP contribution < -0.4 is 10.9 Å². The number of nitrogens with zero attached hydrogens (tertiary/aromatic N) is 2. The molecule has 4 aromatic rings. The molecule has 3 aromatic heterocycles. The van der Waals surface area contributed by atoms with Gasteiger partial charge in [0.25, 0.3) is 5.56 Å². The van der Waals surface area contributed by atoms with Crippen LogP contribution in [0.1, 0.15) is 10.6 Å². The number of thiophene rings is 1. The van der Waals surface area contributed by atoms with Crippen molar-refractivity contribution in [1.82, 2.24) is 14.9 Å². The van der Waals surface area contributed by atoms with Crippen LogP contribution in [0.5, 0.6) is 0 Å². The average molecular weight is 414 g/mol. The van der Waals surface area contributed by atoms with Crippen molar-refractivity contribution in [3.8, 4) is 11.1 Å². The number of carbonyl (C=O) groups excluding carboxylic acids is 1. The van der Waals surface area contributed by atoms with E-state index in [1.54, 1.807) is 30.5 Å². The summed E-state index contributed by atoms with van der Waals surface area (Å²) in [6.07, 6.45) is 2.96. The van der Waals surface area contributed by atoms with Crippen LogP contribution in [0.2, 0.25) is 5.02 Å². The Morgan fingerprint density at radius 2 is 2.07 bits per heavy atom. The molecule has 0 bridgehead atoms. The maximum absolute atomic E-state index is 13.1. The van der Waals surface area contributed by atoms with Crippen LogP contribution in [0.4, 0.5) is 0 Å². The van der Waals surface area contributed by atoms with Crippen molar-refractivity contribution in [3.05, 3.63) is 75.0 Å². The number of hydrogen-bond donors (Lipinski definition) is 1. The van der Waals surface area contributed by atoms with E-state index in [4.69, 9.17) is 16.0 Å². The van der Waals surface area contributed by atoms with E-state index in [-0.39, 0.29) is 24.6 Å². The number of nitrogens with one attached hydrogen (secondary N) is 1. The Kier molecular flexibility index (Phi) is 5.02. The minimum Gasteiger partial charge on any atom is -0.467 e. The van der Waals surface area contributed by atoms with E-state index in [0.29, 0.717) is 21.0 Å². The number of rotatable bonds is 5. The van der Waals surface area contributed by atoms with Gasteiger partial charge in [-0.1, -0.05) is 23.7 Å². The van der Waals surface area contributed by atoms with Crippen LogP contribution >= 0.6 is 22.9 Å². The Morgan fingerprint density at radius 1 is 1.29 bits per heavy atom. The molecular weight excluding hydrogens is 398 g/mol. The first-order valence-corrected chi connectivity index (χ1v) is 9.76. The van der Waals surface area contributed by atoms with E-state index in [1.165, 1.54) is 22.2 Å². The van der Waals surface area contributed by atoms with Gasteiger partial charge in [-0.2, -0.15) is 0 Å². The molecule has 0 saturated heterocycles. The van der Waals surface area contributed by atoms with Gasteiger partial charge in [0.15, 0.2) is 0 Å². The molecule has 0 saturated carbocycles. The highest BCUT2D eigenvalue weighted by atomic mass is 35.5. The molecule has 3 heterocycles. The van der Waals surface area contributed by atoms with Gasteiger partial charge >= 0.3 is 0 Å². The maximum atomic E-state index is 13.1. The zero-order valence-corrected chi connectivity index (χ0v) is 16.5. The van der Waals surface area contributed by atoms with Crippen molar-refractivity contribution >= 4 is 39.1 Å². The van der Waals surface area contributed by atoms with Crippen LogP contribution in [-0.4, -0.2) is 15.5 Å². The summed E-state index contributed by atoms with van der Waals surface area (Å²) < 4.78 is 6.51. The lowest BCUT2D eigenvalue weighted by Gasteiger charge is -2.07. The third-order valence-corrected chi connectivity index (χ3v) is 5.61. The summed E-state index contributed by atoms with van der Waals surface area (Å²) in [6, 6.07) is 10.9. The van der Waals surface area contributed by atoms with Gasteiger partial charge in [0.05, 0.1) is 24.5 Å². The molecule has 0 fully saturated rings. The summed E-state index contributed by atoms with van der Waals surface area (Å²) in [7, 11) is 0. The second-order valence-corrected chi connectivity index (χ2v) is 7.89. The molecule has 1 N–H and O–H groups in total. The predicted molar refractivity (Wildman–Crippen MR) is 110 cm³/mol. The average Bonchev–Trinajstić information content (AvgIpc) is 3.31. The molecule has 0 radical (unpaired) electrons. The molecule has 0 unspecified atom stereocenters. The highest BCUT2D eigenvalue weighted by Crippen LogP contribution is 2.35. The van der Waals surface area contributed by atoms with Gasteiger partial charge in [0.2, 0.25) is 5.91 Å². The Balaban J connectivity index is 1.66. The number of aromatic nitrogens is 2. The third-order valence-electron chi connectivity index (χ3n) is 4.34. The topological polar surface area (TPSA) is 77.1 Å². The fraction of sp³-hybridized carbons (Fsp3) is 0.150. The fourth-order valence-electron chi connectivity index (χ4n) is 3.02. The van der Waals surface area contributed by atoms with Gasteiger partial charge in [0, 0.05) is 15.5 Å². The molecule has 142 valence electrons. The molecule has 6 nitrogen and oxygen atoms in total. The minimum absolute atomic E-state index is 0.114. The highest BCUT2D eigenvalue weighted by Gasteiger charge is 2.17. The summed E-state index contributed by atoms with van der Waals surface area (Å²) in [4.78, 5) is 31.3. The summed E-state index contributed by atoms with van der Waals surface area (Å²) in [5.41, 5.74) is 1.49. The molecule has 0 aliphatic rings. The molecular formula is C20H16ClN3O3S. The van der Waals surface area contributed by atoms with Crippen molar-refractivity contribution in [3.63, 3.8) is 0 Å². The first-order chi connectivity index (χ1) is 13.5. The Bertz CT molecular complexity index is 1190. The second kappa shape index (κ2) is 7.61. The normalized spacial score (nSPS) is 11.1. The molecule has 1 amide bonds. The van der Waals surface area contributed by atoms with Crippen molar-refractivity contribution < 1.29 is 9.21 Å². The lowest BCUT2D eigenvalue weighted by molar-refractivity contribution is -0.122. The van der Waals surface area contributed by atoms with E-state index in [2.05, 4.69) is 10.3 Å². The number of amides is 1. The molecule has 0 atom stereocenters. The Hall–Kier alpha value is -2.90. The molecule has 1 aromatic carbocycles. The Morgan fingerprint density at radius 3 is 2.79 bits per heavy atom. The first kappa shape index (κ1) is 18.5. The number of furan rings is 1. The molecule has 0 spiro atoms. The molecule has 8 heteroatoms. The van der Waals surface area contributed by atoms with E-state index in [0.717, 1.165) is 16.0 Å². The smallest absolute Gasteiger partial charge is 0.263 e. The summed E-state index contributed by atoms with van der Waals surface area (Å²) in [6.45, 7) is 2.11. The van der Waals surface area contributed by atoms with E-state index in [9.17, 15) is 9.59 Å². The summed E-state index contributed by atoms with van der Waals surface area (Å²) >= 11 is 7.44. The maximum Gasteiger partial charge on any atom is 0.263 e. The van der Waals surface area contributed by atoms with Crippen LogP contribution in [0.15, 0.2) is 58.2 Å². The van der Waals surface area contributed by atoms with Crippen molar-refractivity contribution in [1.29, 1.82) is 0 Å². The number of fused-ring (bicyclic) bond motifs is 1. The van der Waals surface area contributed by atoms with Gasteiger partial charge < -0.3 is 9.73 Å². The van der Waals surface area contributed by atoms with Crippen LogP contribution in [0, 0.1) is 6.92 Å². The molecule has 4 rings (SSSR count). The molecule has 0 aliphatic carbocycles. The standard InChI is InChI=1S/C20H16ClN3O3S/c1-12-17(13-4-6-14(21)7-5-13)18-19(28-12)23-11-24(20(18)26)10-16(25)22-9-15-3-2-8-27-15/h2-8,11H,9-10H2,1H3,(H,22,25). The van der Waals surface area contributed by atoms with Crippen LogP contribution in [0.25, 0.3) is 21.3 Å². The number of benzene rings is 1. The van der Waals surface area contributed by atoms with Crippen molar-refractivity contribution in [2.75, 3.05) is 0 Å². The zero-order valence-electron chi connectivity index (χ0n) is 14.9. The first-order valence-electron chi connectivity index (χ1n) is 8.56. The SMILES string of the molecule is Cc1sc2ncn(CC(=O)NCc3ccco3)c(=O)c2c1-c1ccc(Cl)cc1. The number of hydrogen-bond acceptors (Lipinski definition) is 5. The van der Waals surface area contributed by atoms with Crippen molar-refractivity contribution in [2.45, 2.75) is 20.0 Å². The number of aryl methyl sites for hydroxylation is 1. The monoisotopic (exact) mass is 413 g/mol. The number of carbonyl (C=O) groups is 1. The fourth-order valence-corrected chi connectivity index (χ4v) is 4.15. The van der Waals surface area contributed by atoms with E-state index < -0.39 is 0 Å². The quantitative estimate of drug-likeness (QED) is 0.536. The van der Waals surface area contributed by atoms with Gasteiger partial charge in [-0.05, 0) is 36.8 Å². The second-order valence-electron chi connectivity index (χ2n) is 6.25. The van der Waals surface area contributed by atoms with Gasteiger partial charge in [0.1, 0.15) is 17.1 Å². The van der Waals surface area contributed by atoms with Crippen molar-refractivity contribution in [2.24, 2.45) is 0 Å². The van der Waals surface area contributed by atoms with Crippen LogP contribution in [0.3, 0.4) is 0 Å². The van der Waals surface area contributed by atoms with E-state index >= 15 is 0 Å². The third kappa shape index (κ3) is 3.58. The largest absolute Gasteiger partial charge is 0.467 e. The summed E-state index contributed by atoms with van der Waals surface area (Å²) in [5.74, 6) is 0.354. The Labute approximate surface area is 169 Å².